The fourth-order valence-electron chi connectivity index (χ4n) is 4.27. The zero-order valence-electron chi connectivity index (χ0n) is 17.7. The van der Waals surface area contributed by atoms with Gasteiger partial charge in [0.05, 0.1) is 11.6 Å². The van der Waals surface area contributed by atoms with Crippen LogP contribution < -0.4 is 4.90 Å². The van der Waals surface area contributed by atoms with Crippen LogP contribution in [0.1, 0.15) is 22.7 Å². The molecule has 1 atom stereocenters. The topological polar surface area (TPSA) is 70.5 Å². The number of ketones is 1. The van der Waals surface area contributed by atoms with Crippen LogP contribution in [0.15, 0.2) is 90.8 Å². The second-order valence-corrected chi connectivity index (χ2v) is 8.38. The predicted octanol–water partition coefficient (Wildman–Crippen LogP) is 5.82. The van der Waals surface area contributed by atoms with E-state index in [1.54, 1.807) is 48.8 Å². The van der Waals surface area contributed by atoms with Crippen LogP contribution in [-0.2, 0) is 9.59 Å². The number of aliphatic hydroxyl groups is 1. The van der Waals surface area contributed by atoms with Crippen molar-refractivity contribution in [1.82, 2.24) is 4.98 Å². The van der Waals surface area contributed by atoms with E-state index in [9.17, 15) is 14.7 Å². The van der Waals surface area contributed by atoms with Gasteiger partial charge in [0, 0.05) is 28.7 Å². The molecule has 4 aromatic rings. The standard InChI is InChI=1S/C27H19ClN2O3/c1-16-8-11-21(28)14-22(16)30-24(20-7-4-12-29-15-20)23(26(32)27(30)33)25(31)19-10-9-17-5-2-3-6-18(17)13-19/h2-15,24,31H,1H3/b25-23-. The van der Waals surface area contributed by atoms with Crippen molar-refractivity contribution < 1.29 is 14.7 Å². The van der Waals surface area contributed by atoms with Gasteiger partial charge in [0.1, 0.15) is 5.76 Å². The Balaban J connectivity index is 1.75. The molecule has 162 valence electrons. The number of anilines is 1. The van der Waals surface area contributed by atoms with Gasteiger partial charge in [-0.3, -0.25) is 19.5 Å². The number of Topliss-reactive ketones (excluding diaryl/α,β-unsaturated/α-hetero) is 1. The highest BCUT2D eigenvalue weighted by Gasteiger charge is 2.47. The number of aromatic nitrogens is 1. The summed E-state index contributed by atoms with van der Waals surface area (Å²) >= 11 is 6.23. The lowest BCUT2D eigenvalue weighted by Gasteiger charge is -2.26. The molecule has 0 bridgehead atoms. The fraction of sp³-hybridized carbons (Fsp3) is 0.0741. The van der Waals surface area contributed by atoms with E-state index in [-0.39, 0.29) is 11.3 Å². The van der Waals surface area contributed by atoms with Crippen LogP contribution in [0.2, 0.25) is 5.02 Å². The molecule has 1 N–H and O–H groups in total. The number of hydrogen-bond donors (Lipinski definition) is 1. The van der Waals surface area contributed by atoms with E-state index >= 15 is 0 Å². The molecule has 1 saturated heterocycles. The highest BCUT2D eigenvalue weighted by Crippen LogP contribution is 2.43. The number of aliphatic hydroxyl groups excluding tert-OH is 1. The third-order valence-corrected chi connectivity index (χ3v) is 6.13. The summed E-state index contributed by atoms with van der Waals surface area (Å²) < 4.78 is 0. The molecule has 33 heavy (non-hydrogen) atoms. The highest BCUT2D eigenvalue weighted by molar-refractivity contribution is 6.52. The van der Waals surface area contributed by atoms with Gasteiger partial charge in [-0.1, -0.05) is 60.1 Å². The van der Waals surface area contributed by atoms with E-state index in [2.05, 4.69) is 4.98 Å². The summed E-state index contributed by atoms with van der Waals surface area (Å²) in [4.78, 5) is 32.1. The number of rotatable bonds is 3. The zero-order valence-corrected chi connectivity index (χ0v) is 18.5. The molecule has 5 rings (SSSR count). The second-order valence-electron chi connectivity index (χ2n) is 7.95. The summed E-state index contributed by atoms with van der Waals surface area (Å²) in [7, 11) is 0. The monoisotopic (exact) mass is 454 g/mol. The van der Waals surface area contributed by atoms with Gasteiger partial charge in [0.15, 0.2) is 0 Å². The fourth-order valence-corrected chi connectivity index (χ4v) is 4.43. The smallest absolute Gasteiger partial charge is 0.300 e. The second kappa shape index (κ2) is 8.19. The van der Waals surface area contributed by atoms with Crippen molar-refractivity contribution in [3.05, 3.63) is 112 Å². The minimum atomic E-state index is -0.845. The van der Waals surface area contributed by atoms with Crippen LogP contribution in [0, 0.1) is 6.92 Å². The molecule has 6 heteroatoms. The van der Waals surface area contributed by atoms with E-state index in [1.807, 2.05) is 43.3 Å². The Hall–Kier alpha value is -3.96. The molecule has 1 amide bonds. The zero-order chi connectivity index (χ0) is 23.1. The molecule has 1 unspecified atom stereocenters. The first-order chi connectivity index (χ1) is 16.0. The van der Waals surface area contributed by atoms with Crippen molar-refractivity contribution in [3.8, 4) is 0 Å². The number of nitrogens with zero attached hydrogens (tertiary/aromatic N) is 2. The lowest BCUT2D eigenvalue weighted by atomic mass is 9.95. The number of fused-ring (bicyclic) bond motifs is 1. The first kappa shape index (κ1) is 20.9. The molecule has 1 fully saturated rings. The lowest BCUT2D eigenvalue weighted by Crippen LogP contribution is -2.30. The minimum absolute atomic E-state index is 0.0163. The van der Waals surface area contributed by atoms with Gasteiger partial charge >= 0.3 is 0 Å². The van der Waals surface area contributed by atoms with Crippen molar-refractivity contribution >= 4 is 45.5 Å². The molecule has 3 aromatic carbocycles. The molecule has 2 heterocycles. The Labute approximate surface area is 195 Å². The number of benzene rings is 3. The maximum atomic E-state index is 13.3. The number of carbonyl (C=O) groups excluding carboxylic acids is 2. The average molecular weight is 455 g/mol. The average Bonchev–Trinajstić information content (AvgIpc) is 3.10. The quantitative estimate of drug-likeness (QED) is 0.240. The number of halogens is 1. The number of aryl methyl sites for hydroxylation is 1. The molecule has 0 saturated carbocycles. The van der Waals surface area contributed by atoms with Gasteiger partial charge in [-0.2, -0.15) is 0 Å². The van der Waals surface area contributed by atoms with E-state index in [0.29, 0.717) is 21.8 Å². The molecule has 1 aliphatic rings. The van der Waals surface area contributed by atoms with E-state index in [1.165, 1.54) is 4.90 Å². The summed E-state index contributed by atoms with van der Waals surface area (Å²) in [5.74, 6) is -1.71. The van der Waals surface area contributed by atoms with Crippen LogP contribution in [-0.4, -0.2) is 21.8 Å². The first-order valence-corrected chi connectivity index (χ1v) is 10.8. The lowest BCUT2D eigenvalue weighted by molar-refractivity contribution is -0.132. The van der Waals surface area contributed by atoms with Crippen molar-refractivity contribution in [1.29, 1.82) is 0 Å². The predicted molar refractivity (Wildman–Crippen MR) is 129 cm³/mol. The Morgan fingerprint density at radius 3 is 2.52 bits per heavy atom. The number of carbonyl (C=O) groups is 2. The van der Waals surface area contributed by atoms with Crippen LogP contribution in [0.4, 0.5) is 5.69 Å². The van der Waals surface area contributed by atoms with E-state index in [0.717, 1.165) is 16.3 Å². The van der Waals surface area contributed by atoms with E-state index < -0.39 is 17.7 Å². The normalized spacial score (nSPS) is 17.6. The van der Waals surface area contributed by atoms with Gasteiger partial charge in [0.25, 0.3) is 11.7 Å². The third kappa shape index (κ3) is 3.56. The third-order valence-electron chi connectivity index (χ3n) is 5.90. The first-order valence-electron chi connectivity index (χ1n) is 10.4. The molecule has 0 aliphatic carbocycles. The van der Waals surface area contributed by atoms with Gasteiger partial charge in [-0.25, -0.2) is 0 Å². The van der Waals surface area contributed by atoms with Crippen molar-refractivity contribution in [2.75, 3.05) is 4.90 Å². The number of pyridine rings is 1. The molecule has 0 spiro atoms. The highest BCUT2D eigenvalue weighted by atomic mass is 35.5. The maximum Gasteiger partial charge on any atom is 0.300 e. The Morgan fingerprint density at radius 1 is 0.970 bits per heavy atom. The SMILES string of the molecule is Cc1ccc(Cl)cc1N1C(=O)C(=O)/C(=C(\O)c2ccc3ccccc3c2)C1c1cccnc1. The van der Waals surface area contributed by atoms with E-state index in [4.69, 9.17) is 11.6 Å². The maximum absolute atomic E-state index is 13.3. The van der Waals surface area contributed by atoms with Gasteiger partial charge in [-0.05, 0) is 53.1 Å². The summed E-state index contributed by atoms with van der Waals surface area (Å²) in [6, 6.07) is 21.0. The van der Waals surface area contributed by atoms with Gasteiger partial charge in [-0.15, -0.1) is 0 Å². The molecule has 1 aromatic heterocycles. The number of amides is 1. The summed E-state index contributed by atoms with van der Waals surface area (Å²) in [6.45, 7) is 1.84. The summed E-state index contributed by atoms with van der Waals surface area (Å²) in [6.07, 6.45) is 3.21. The van der Waals surface area contributed by atoms with Crippen molar-refractivity contribution in [2.24, 2.45) is 0 Å². The molecular weight excluding hydrogens is 436 g/mol. The Bertz CT molecular complexity index is 1450. The summed E-state index contributed by atoms with van der Waals surface area (Å²) in [5, 5.41) is 13.7. The Kier molecular flexibility index (Phi) is 5.19. The molecule has 1 aliphatic heterocycles. The number of hydrogen-bond acceptors (Lipinski definition) is 4. The minimum Gasteiger partial charge on any atom is -0.507 e. The molecule has 5 nitrogen and oxygen atoms in total. The van der Waals surface area contributed by atoms with Crippen molar-refractivity contribution in [3.63, 3.8) is 0 Å². The van der Waals surface area contributed by atoms with Crippen LogP contribution in [0.3, 0.4) is 0 Å². The van der Waals surface area contributed by atoms with Crippen LogP contribution >= 0.6 is 11.6 Å². The van der Waals surface area contributed by atoms with Crippen molar-refractivity contribution in [2.45, 2.75) is 13.0 Å². The van der Waals surface area contributed by atoms with Gasteiger partial charge < -0.3 is 5.11 Å². The Morgan fingerprint density at radius 2 is 1.76 bits per heavy atom. The summed E-state index contributed by atoms with van der Waals surface area (Å²) in [5.41, 5.74) is 2.38. The largest absolute Gasteiger partial charge is 0.507 e. The molecular formula is C27H19ClN2O3. The molecule has 0 radical (unpaired) electrons. The van der Waals surface area contributed by atoms with Gasteiger partial charge in [0.2, 0.25) is 0 Å². The van der Waals surface area contributed by atoms with Crippen LogP contribution in [0.5, 0.6) is 0 Å². The van der Waals surface area contributed by atoms with Crippen LogP contribution in [0.25, 0.3) is 16.5 Å².